The van der Waals surface area contributed by atoms with Crippen molar-refractivity contribution in [3.8, 4) is 0 Å². The van der Waals surface area contributed by atoms with Gasteiger partial charge < -0.3 is 5.32 Å². The van der Waals surface area contributed by atoms with Crippen LogP contribution in [0.5, 0.6) is 0 Å². The zero-order valence-electron chi connectivity index (χ0n) is 9.28. The second-order valence-electron chi connectivity index (χ2n) is 4.75. The highest BCUT2D eigenvalue weighted by Crippen LogP contribution is 2.54. The van der Waals surface area contributed by atoms with Gasteiger partial charge in [0.1, 0.15) is 5.67 Å². The molecular weight excluding hydrogens is 165 g/mol. The molecule has 2 rings (SSSR count). The number of rotatable bonds is 0. The molecule has 1 unspecified atom stereocenters. The van der Waals surface area contributed by atoms with Gasteiger partial charge in [0.2, 0.25) is 0 Å². The van der Waals surface area contributed by atoms with Crippen molar-refractivity contribution in [3.05, 3.63) is 0 Å². The monoisotopic (exact) mass is 187 g/mol. The Hall–Kier alpha value is -0.110. The van der Waals surface area contributed by atoms with E-state index in [0.717, 1.165) is 19.4 Å². The lowest BCUT2D eigenvalue weighted by Crippen LogP contribution is -2.48. The number of hydrogen-bond donors (Lipinski definition) is 1. The Labute approximate surface area is 81.1 Å². The fourth-order valence-corrected chi connectivity index (χ4v) is 2.97. The Balaban J connectivity index is 0.000000396. The minimum Gasteiger partial charge on any atom is -0.314 e. The Morgan fingerprint density at radius 1 is 1.31 bits per heavy atom. The van der Waals surface area contributed by atoms with Gasteiger partial charge in [0.05, 0.1) is 0 Å². The molecule has 0 aromatic carbocycles. The minimum absolute atomic E-state index is 0.336. The number of hydrogen-bond acceptors (Lipinski definition) is 1. The highest BCUT2D eigenvalue weighted by Gasteiger charge is 2.54. The smallest absolute Gasteiger partial charge is 0.109 e. The minimum atomic E-state index is -0.855. The summed E-state index contributed by atoms with van der Waals surface area (Å²) in [5, 5.41) is 3.38. The quantitative estimate of drug-likeness (QED) is 0.615. The van der Waals surface area contributed by atoms with Gasteiger partial charge in [0, 0.05) is 12.6 Å². The average molecular weight is 187 g/mol. The summed E-state index contributed by atoms with van der Waals surface area (Å²) in [5.74, 6) is 0. The lowest BCUT2D eigenvalue weighted by atomic mass is 9.60. The first-order valence-electron chi connectivity index (χ1n) is 5.44. The van der Waals surface area contributed by atoms with Crippen LogP contribution >= 0.6 is 0 Å². The molecule has 0 amide bonds. The van der Waals surface area contributed by atoms with Crippen molar-refractivity contribution in [2.45, 2.75) is 58.7 Å². The molecule has 0 aromatic heterocycles. The maximum atomic E-state index is 13.2. The molecule has 1 nitrogen and oxygen atoms in total. The van der Waals surface area contributed by atoms with Crippen LogP contribution < -0.4 is 5.32 Å². The van der Waals surface area contributed by atoms with E-state index in [1.165, 1.54) is 6.42 Å². The molecular formula is C11H22FN. The summed E-state index contributed by atoms with van der Waals surface area (Å²) in [4.78, 5) is 0. The SMILES string of the molecule is CC.CC1CC2(CN1)CC(C)(F)C2. The zero-order chi connectivity index (χ0) is 10.1. The van der Waals surface area contributed by atoms with Crippen LogP contribution in [-0.4, -0.2) is 18.3 Å². The van der Waals surface area contributed by atoms with E-state index in [1.807, 2.05) is 13.8 Å². The summed E-state index contributed by atoms with van der Waals surface area (Å²) in [6.45, 7) is 8.94. The van der Waals surface area contributed by atoms with Gasteiger partial charge in [-0.3, -0.25) is 0 Å². The second-order valence-corrected chi connectivity index (χ2v) is 4.75. The summed E-state index contributed by atoms with van der Waals surface area (Å²) in [7, 11) is 0. The van der Waals surface area contributed by atoms with E-state index in [2.05, 4.69) is 12.2 Å². The van der Waals surface area contributed by atoms with E-state index in [1.54, 1.807) is 6.92 Å². The topological polar surface area (TPSA) is 12.0 Å². The Kier molecular flexibility index (Phi) is 3.01. The fraction of sp³-hybridized carbons (Fsp3) is 1.00. The number of nitrogens with one attached hydrogen (secondary N) is 1. The predicted molar refractivity (Wildman–Crippen MR) is 54.6 cm³/mol. The molecule has 1 N–H and O–H groups in total. The van der Waals surface area contributed by atoms with Crippen LogP contribution in [-0.2, 0) is 0 Å². The van der Waals surface area contributed by atoms with Gasteiger partial charge in [0.15, 0.2) is 0 Å². The third kappa shape index (κ3) is 2.22. The normalized spacial score (nSPS) is 48.2. The van der Waals surface area contributed by atoms with Gasteiger partial charge in [0.25, 0.3) is 0 Å². The maximum absolute atomic E-state index is 13.2. The predicted octanol–water partition coefficient (Wildman–Crippen LogP) is 2.90. The summed E-state index contributed by atoms with van der Waals surface area (Å²) in [5.41, 5.74) is -0.519. The molecule has 0 bridgehead atoms. The van der Waals surface area contributed by atoms with Crippen LogP contribution in [0.4, 0.5) is 4.39 Å². The van der Waals surface area contributed by atoms with Gasteiger partial charge in [-0.05, 0) is 38.5 Å². The van der Waals surface area contributed by atoms with E-state index >= 15 is 0 Å². The van der Waals surface area contributed by atoms with Crippen molar-refractivity contribution in [1.29, 1.82) is 0 Å². The number of halogens is 1. The third-order valence-electron chi connectivity index (χ3n) is 3.05. The highest BCUT2D eigenvalue weighted by molar-refractivity contribution is 5.07. The molecule has 1 saturated heterocycles. The van der Waals surface area contributed by atoms with Gasteiger partial charge in [-0.15, -0.1) is 0 Å². The largest absolute Gasteiger partial charge is 0.314 e. The molecule has 2 aliphatic rings. The summed E-state index contributed by atoms with van der Waals surface area (Å²) in [6.07, 6.45) is 2.72. The van der Waals surface area contributed by atoms with Crippen molar-refractivity contribution in [1.82, 2.24) is 5.32 Å². The first kappa shape index (κ1) is 11.0. The molecule has 1 spiro atoms. The standard InChI is InChI=1S/C9H16FN.C2H6/c1-7-3-9(6-11-7)4-8(2,10)5-9;1-2/h7,11H,3-6H2,1-2H3;1-2H3. The summed E-state index contributed by atoms with van der Waals surface area (Å²) in [6, 6.07) is 0.603. The van der Waals surface area contributed by atoms with Crippen molar-refractivity contribution < 1.29 is 4.39 Å². The van der Waals surface area contributed by atoms with Gasteiger partial charge in [-0.1, -0.05) is 13.8 Å². The van der Waals surface area contributed by atoms with Gasteiger partial charge in [-0.2, -0.15) is 0 Å². The highest BCUT2D eigenvalue weighted by atomic mass is 19.1. The van der Waals surface area contributed by atoms with E-state index in [0.29, 0.717) is 11.5 Å². The van der Waals surface area contributed by atoms with Crippen LogP contribution in [0.3, 0.4) is 0 Å². The molecule has 1 atom stereocenters. The van der Waals surface area contributed by atoms with Crippen LogP contribution in [0.2, 0.25) is 0 Å². The lowest BCUT2D eigenvalue weighted by Gasteiger charge is -2.47. The molecule has 1 saturated carbocycles. The molecule has 0 radical (unpaired) electrons. The first-order valence-corrected chi connectivity index (χ1v) is 5.44. The molecule has 1 aliphatic heterocycles. The molecule has 2 fully saturated rings. The van der Waals surface area contributed by atoms with Crippen LogP contribution in [0, 0.1) is 5.41 Å². The first-order chi connectivity index (χ1) is 6.02. The Morgan fingerprint density at radius 2 is 1.85 bits per heavy atom. The lowest BCUT2D eigenvalue weighted by molar-refractivity contribution is -0.0423. The third-order valence-corrected chi connectivity index (χ3v) is 3.05. The second kappa shape index (κ2) is 3.56. The van der Waals surface area contributed by atoms with E-state index in [9.17, 15) is 4.39 Å². The van der Waals surface area contributed by atoms with Gasteiger partial charge >= 0.3 is 0 Å². The summed E-state index contributed by atoms with van der Waals surface area (Å²) < 4.78 is 13.2. The van der Waals surface area contributed by atoms with Gasteiger partial charge in [-0.25, -0.2) is 4.39 Å². The Bertz CT molecular complexity index is 169. The Morgan fingerprint density at radius 3 is 2.15 bits per heavy atom. The van der Waals surface area contributed by atoms with Crippen molar-refractivity contribution in [3.63, 3.8) is 0 Å². The van der Waals surface area contributed by atoms with E-state index in [-0.39, 0.29) is 0 Å². The molecule has 1 aliphatic carbocycles. The van der Waals surface area contributed by atoms with Crippen molar-refractivity contribution >= 4 is 0 Å². The number of alkyl halides is 1. The van der Waals surface area contributed by atoms with Crippen LogP contribution in [0.15, 0.2) is 0 Å². The summed E-state index contributed by atoms with van der Waals surface area (Å²) >= 11 is 0. The van der Waals surface area contributed by atoms with Crippen LogP contribution in [0.1, 0.15) is 47.0 Å². The van der Waals surface area contributed by atoms with Crippen molar-refractivity contribution in [2.75, 3.05) is 6.54 Å². The van der Waals surface area contributed by atoms with E-state index < -0.39 is 5.67 Å². The maximum Gasteiger partial charge on any atom is 0.109 e. The van der Waals surface area contributed by atoms with E-state index in [4.69, 9.17) is 0 Å². The molecule has 1 heterocycles. The zero-order valence-corrected chi connectivity index (χ0v) is 9.28. The van der Waals surface area contributed by atoms with Crippen LogP contribution in [0.25, 0.3) is 0 Å². The fourth-order valence-electron chi connectivity index (χ4n) is 2.97. The molecule has 78 valence electrons. The average Bonchev–Trinajstić information content (AvgIpc) is 2.34. The molecule has 0 aromatic rings. The van der Waals surface area contributed by atoms with Crippen molar-refractivity contribution in [2.24, 2.45) is 5.41 Å². The molecule has 13 heavy (non-hydrogen) atoms. The molecule has 2 heteroatoms.